The van der Waals surface area contributed by atoms with Crippen molar-refractivity contribution in [2.45, 2.75) is 64.3 Å². The number of hydrogen-bond acceptors (Lipinski definition) is 2. The summed E-state index contributed by atoms with van der Waals surface area (Å²) in [7, 11) is 0. The predicted octanol–water partition coefficient (Wildman–Crippen LogP) is 3.92. The largest absolute Gasteiger partial charge is 0.313 e. The number of aromatic nitrogens is 1. The Bertz CT molecular complexity index is 443. The zero-order valence-electron chi connectivity index (χ0n) is 12.9. The van der Waals surface area contributed by atoms with E-state index in [1.807, 2.05) is 6.20 Å². The Labute approximate surface area is 123 Å². The minimum atomic E-state index is 0.630. The Morgan fingerprint density at radius 1 is 1.30 bits per heavy atom. The highest BCUT2D eigenvalue weighted by Gasteiger charge is 2.37. The molecule has 20 heavy (non-hydrogen) atoms. The van der Waals surface area contributed by atoms with Gasteiger partial charge in [-0.2, -0.15) is 0 Å². The van der Waals surface area contributed by atoms with E-state index in [9.17, 15) is 0 Å². The highest BCUT2D eigenvalue weighted by Crippen LogP contribution is 2.42. The van der Waals surface area contributed by atoms with E-state index in [0.29, 0.717) is 12.0 Å². The number of fused-ring (bicyclic) bond motifs is 1. The molecule has 0 aliphatic heterocycles. The van der Waals surface area contributed by atoms with Crippen LogP contribution in [0.4, 0.5) is 0 Å². The molecule has 110 valence electrons. The van der Waals surface area contributed by atoms with Crippen LogP contribution in [0.25, 0.3) is 0 Å². The van der Waals surface area contributed by atoms with Gasteiger partial charge >= 0.3 is 0 Å². The predicted molar refractivity (Wildman–Crippen MR) is 83.9 cm³/mol. The maximum atomic E-state index is 4.76. The number of aryl methyl sites for hydroxylation is 1. The lowest BCUT2D eigenvalue weighted by atomic mass is 9.75. The van der Waals surface area contributed by atoms with Crippen molar-refractivity contribution in [3.05, 3.63) is 29.6 Å². The topological polar surface area (TPSA) is 24.9 Å². The van der Waals surface area contributed by atoms with Crippen molar-refractivity contribution in [1.82, 2.24) is 10.3 Å². The summed E-state index contributed by atoms with van der Waals surface area (Å²) in [5.41, 5.74) is 2.89. The van der Waals surface area contributed by atoms with Crippen LogP contribution in [-0.2, 0) is 6.42 Å². The molecule has 1 aromatic rings. The van der Waals surface area contributed by atoms with E-state index in [4.69, 9.17) is 4.98 Å². The van der Waals surface area contributed by atoms with E-state index in [1.165, 1.54) is 49.8 Å². The van der Waals surface area contributed by atoms with Gasteiger partial charge in [0.2, 0.25) is 0 Å². The van der Waals surface area contributed by atoms with Crippen molar-refractivity contribution < 1.29 is 0 Å². The van der Waals surface area contributed by atoms with Gasteiger partial charge < -0.3 is 5.32 Å². The van der Waals surface area contributed by atoms with E-state index >= 15 is 0 Å². The first kappa shape index (κ1) is 14.1. The van der Waals surface area contributed by atoms with Gasteiger partial charge in [0.15, 0.2) is 0 Å². The molecular weight excluding hydrogens is 244 g/mol. The van der Waals surface area contributed by atoms with Gasteiger partial charge in [0.05, 0.1) is 0 Å². The summed E-state index contributed by atoms with van der Waals surface area (Å²) in [5.74, 6) is 2.34. The summed E-state index contributed by atoms with van der Waals surface area (Å²) in [6.07, 6.45) is 10.1. The van der Waals surface area contributed by atoms with Crippen molar-refractivity contribution in [3.8, 4) is 0 Å². The average Bonchev–Trinajstić information content (AvgIpc) is 2.90. The Morgan fingerprint density at radius 2 is 2.20 bits per heavy atom. The number of likely N-dealkylation sites (N-methyl/N-ethyl adjacent to an activating group) is 1. The fraction of sp³-hybridized carbons (Fsp3) is 0.722. The molecule has 0 radical (unpaired) electrons. The molecule has 0 saturated heterocycles. The van der Waals surface area contributed by atoms with Crippen LogP contribution in [-0.4, -0.2) is 17.6 Å². The molecule has 0 aromatic carbocycles. The molecule has 2 aliphatic carbocycles. The monoisotopic (exact) mass is 272 g/mol. The maximum Gasteiger partial charge on any atom is 0.0482 e. The lowest BCUT2D eigenvalue weighted by Gasteiger charge is -2.37. The van der Waals surface area contributed by atoms with Crippen LogP contribution in [0.1, 0.15) is 63.1 Å². The van der Waals surface area contributed by atoms with E-state index in [-0.39, 0.29) is 0 Å². The average molecular weight is 272 g/mol. The number of hydrogen-bond donors (Lipinski definition) is 1. The Kier molecular flexibility index (Phi) is 4.40. The second-order valence-corrected chi connectivity index (χ2v) is 6.70. The normalized spacial score (nSPS) is 31.0. The van der Waals surface area contributed by atoms with Crippen LogP contribution in [0.2, 0.25) is 0 Å². The summed E-state index contributed by atoms with van der Waals surface area (Å²) in [5, 5.41) is 3.83. The van der Waals surface area contributed by atoms with Gasteiger partial charge in [-0.25, -0.2) is 0 Å². The molecule has 4 unspecified atom stereocenters. The van der Waals surface area contributed by atoms with Crippen LogP contribution in [0.15, 0.2) is 18.3 Å². The first-order valence-electron chi connectivity index (χ1n) is 8.48. The molecule has 2 aliphatic rings. The van der Waals surface area contributed by atoms with E-state index in [2.05, 4.69) is 31.3 Å². The fourth-order valence-corrected chi connectivity index (χ4v) is 4.53. The lowest BCUT2D eigenvalue weighted by molar-refractivity contribution is 0.247. The summed E-state index contributed by atoms with van der Waals surface area (Å²) in [4.78, 5) is 4.76. The molecule has 0 spiro atoms. The van der Waals surface area contributed by atoms with Gasteiger partial charge in [0, 0.05) is 23.9 Å². The van der Waals surface area contributed by atoms with Crippen LogP contribution in [0, 0.1) is 11.8 Å². The quantitative estimate of drug-likeness (QED) is 0.898. The Hall–Kier alpha value is -0.890. The number of pyridine rings is 1. The number of nitrogens with one attached hydrogen (secondary N) is 1. The molecule has 1 N–H and O–H groups in total. The molecule has 2 heteroatoms. The molecule has 1 heterocycles. The van der Waals surface area contributed by atoms with E-state index in [0.717, 1.165) is 18.4 Å². The van der Waals surface area contributed by atoms with Crippen LogP contribution < -0.4 is 5.32 Å². The second-order valence-electron chi connectivity index (χ2n) is 6.70. The lowest BCUT2D eigenvalue weighted by Crippen LogP contribution is -2.43. The smallest absolute Gasteiger partial charge is 0.0482 e. The SMILES string of the molecule is CCNC(C1CCCc2cccnc21)C1CCCC1C. The molecule has 0 bridgehead atoms. The summed E-state index contributed by atoms with van der Waals surface area (Å²) in [6.45, 7) is 5.77. The first-order valence-corrected chi connectivity index (χ1v) is 8.48. The highest BCUT2D eigenvalue weighted by molar-refractivity contribution is 5.27. The van der Waals surface area contributed by atoms with Crippen LogP contribution in [0.3, 0.4) is 0 Å². The third kappa shape index (κ3) is 2.63. The summed E-state index contributed by atoms with van der Waals surface area (Å²) < 4.78 is 0. The molecule has 1 fully saturated rings. The Morgan fingerprint density at radius 3 is 2.95 bits per heavy atom. The van der Waals surface area contributed by atoms with Crippen molar-refractivity contribution in [3.63, 3.8) is 0 Å². The van der Waals surface area contributed by atoms with Gasteiger partial charge in [0.1, 0.15) is 0 Å². The van der Waals surface area contributed by atoms with Gasteiger partial charge in [-0.05, 0) is 55.7 Å². The molecule has 4 atom stereocenters. The fourth-order valence-electron chi connectivity index (χ4n) is 4.53. The highest BCUT2D eigenvalue weighted by atomic mass is 14.9. The molecule has 2 nitrogen and oxygen atoms in total. The second kappa shape index (κ2) is 6.26. The van der Waals surface area contributed by atoms with Crippen molar-refractivity contribution in [1.29, 1.82) is 0 Å². The van der Waals surface area contributed by atoms with Crippen LogP contribution >= 0.6 is 0 Å². The molecule has 3 rings (SSSR count). The minimum Gasteiger partial charge on any atom is -0.313 e. The van der Waals surface area contributed by atoms with Gasteiger partial charge in [-0.15, -0.1) is 0 Å². The molecular formula is C18H28N2. The van der Waals surface area contributed by atoms with Crippen molar-refractivity contribution in [2.75, 3.05) is 6.54 Å². The number of nitrogens with zero attached hydrogens (tertiary/aromatic N) is 1. The molecule has 1 aromatic heterocycles. The zero-order chi connectivity index (χ0) is 13.9. The molecule has 1 saturated carbocycles. The minimum absolute atomic E-state index is 0.630. The third-order valence-corrected chi connectivity index (χ3v) is 5.50. The van der Waals surface area contributed by atoms with Crippen molar-refractivity contribution >= 4 is 0 Å². The summed E-state index contributed by atoms with van der Waals surface area (Å²) in [6, 6.07) is 5.02. The molecule has 0 amide bonds. The van der Waals surface area contributed by atoms with E-state index in [1.54, 1.807) is 0 Å². The first-order chi connectivity index (χ1) is 9.81. The zero-order valence-corrected chi connectivity index (χ0v) is 12.9. The van der Waals surface area contributed by atoms with Gasteiger partial charge in [-0.1, -0.05) is 32.8 Å². The Balaban J connectivity index is 1.88. The maximum absolute atomic E-state index is 4.76. The van der Waals surface area contributed by atoms with Crippen molar-refractivity contribution in [2.24, 2.45) is 11.8 Å². The summed E-state index contributed by atoms with van der Waals surface area (Å²) >= 11 is 0. The van der Waals surface area contributed by atoms with Crippen LogP contribution in [0.5, 0.6) is 0 Å². The number of rotatable bonds is 4. The van der Waals surface area contributed by atoms with Gasteiger partial charge in [-0.3, -0.25) is 4.98 Å². The standard InChI is InChI=1S/C18H28N2/c1-3-19-18(15-10-4-7-13(15)2)16-11-5-8-14-9-6-12-20-17(14)16/h6,9,12-13,15-16,18-19H,3-5,7-8,10-11H2,1-2H3. The van der Waals surface area contributed by atoms with Gasteiger partial charge in [0.25, 0.3) is 0 Å². The van der Waals surface area contributed by atoms with E-state index < -0.39 is 0 Å². The third-order valence-electron chi connectivity index (χ3n) is 5.50.